The van der Waals surface area contributed by atoms with E-state index >= 15 is 0 Å². The summed E-state index contributed by atoms with van der Waals surface area (Å²) in [6, 6.07) is 15.4. The highest BCUT2D eigenvalue weighted by molar-refractivity contribution is 6.30. The molecule has 0 unspecified atom stereocenters. The maximum absolute atomic E-state index is 5.87. The molecule has 6 heteroatoms. The lowest BCUT2D eigenvalue weighted by atomic mass is 10.1. The van der Waals surface area contributed by atoms with Gasteiger partial charge in [0, 0.05) is 10.6 Å². The topological polar surface area (TPSA) is 60.2 Å². The summed E-state index contributed by atoms with van der Waals surface area (Å²) in [4.78, 5) is 0. The second kappa shape index (κ2) is 7.95. The summed E-state index contributed by atoms with van der Waals surface area (Å²) in [5.74, 6) is 1.81. The van der Waals surface area contributed by atoms with Crippen molar-refractivity contribution in [1.29, 1.82) is 0 Å². The normalized spacial score (nSPS) is 10.8. The van der Waals surface area contributed by atoms with Crippen LogP contribution in [0, 0.1) is 0 Å². The average molecular weight is 344 g/mol. The van der Waals surface area contributed by atoms with Crippen LogP contribution in [0.5, 0.6) is 5.75 Å². The molecule has 3 rings (SSSR count). The smallest absolute Gasteiger partial charge is 0.247 e. The first-order valence-electron chi connectivity index (χ1n) is 7.66. The van der Waals surface area contributed by atoms with E-state index in [0.29, 0.717) is 18.3 Å². The molecule has 0 spiro atoms. The van der Waals surface area contributed by atoms with Crippen molar-refractivity contribution >= 4 is 11.6 Å². The van der Waals surface area contributed by atoms with Crippen LogP contribution in [0.1, 0.15) is 11.5 Å². The van der Waals surface area contributed by atoms with E-state index in [9.17, 15) is 0 Å². The standard InChI is InChI=1S/C18H18ClN3O2/c1-23-16-4-2-3-14(11-16)18-22-21-17(24-18)12-20-10-9-13-5-7-15(19)8-6-13/h2-8,11,20H,9-10,12H2,1H3. The Morgan fingerprint density at radius 2 is 1.96 bits per heavy atom. The number of nitrogens with one attached hydrogen (secondary N) is 1. The second-order valence-electron chi connectivity index (χ2n) is 5.29. The number of nitrogens with zero attached hydrogens (tertiary/aromatic N) is 2. The van der Waals surface area contributed by atoms with Crippen LogP contribution in [0.2, 0.25) is 5.02 Å². The van der Waals surface area contributed by atoms with Crippen molar-refractivity contribution in [3.63, 3.8) is 0 Å². The minimum atomic E-state index is 0.489. The van der Waals surface area contributed by atoms with E-state index in [2.05, 4.69) is 15.5 Å². The van der Waals surface area contributed by atoms with E-state index in [1.807, 2.05) is 48.5 Å². The van der Waals surface area contributed by atoms with E-state index in [0.717, 1.165) is 29.3 Å². The largest absolute Gasteiger partial charge is 0.497 e. The van der Waals surface area contributed by atoms with Gasteiger partial charge in [-0.05, 0) is 48.9 Å². The number of hydrogen-bond donors (Lipinski definition) is 1. The van der Waals surface area contributed by atoms with E-state index < -0.39 is 0 Å². The maximum Gasteiger partial charge on any atom is 0.247 e. The van der Waals surface area contributed by atoms with Gasteiger partial charge in [0.15, 0.2) is 0 Å². The van der Waals surface area contributed by atoms with Crippen LogP contribution in [0.3, 0.4) is 0 Å². The van der Waals surface area contributed by atoms with E-state index in [4.69, 9.17) is 20.8 Å². The minimum absolute atomic E-state index is 0.489. The SMILES string of the molecule is COc1cccc(-c2nnc(CNCCc3ccc(Cl)cc3)o2)c1. The molecule has 124 valence electrons. The predicted octanol–water partition coefficient (Wildman–Crippen LogP) is 3.73. The molecule has 24 heavy (non-hydrogen) atoms. The fourth-order valence-corrected chi connectivity index (χ4v) is 2.40. The summed E-state index contributed by atoms with van der Waals surface area (Å²) in [7, 11) is 1.63. The summed E-state index contributed by atoms with van der Waals surface area (Å²) in [5.41, 5.74) is 2.07. The molecule has 1 N–H and O–H groups in total. The number of aromatic nitrogens is 2. The van der Waals surface area contributed by atoms with Gasteiger partial charge in [-0.15, -0.1) is 10.2 Å². The summed E-state index contributed by atoms with van der Waals surface area (Å²) in [5, 5.41) is 12.2. The van der Waals surface area contributed by atoms with Gasteiger partial charge in [-0.1, -0.05) is 29.8 Å². The molecule has 5 nitrogen and oxygen atoms in total. The first-order valence-corrected chi connectivity index (χ1v) is 8.04. The highest BCUT2D eigenvalue weighted by Gasteiger charge is 2.09. The lowest BCUT2D eigenvalue weighted by Gasteiger charge is -2.03. The molecule has 0 saturated carbocycles. The van der Waals surface area contributed by atoms with Gasteiger partial charge in [0.25, 0.3) is 0 Å². The molecule has 0 aliphatic carbocycles. The minimum Gasteiger partial charge on any atom is -0.497 e. The molecule has 0 fully saturated rings. The zero-order valence-electron chi connectivity index (χ0n) is 13.3. The summed E-state index contributed by atoms with van der Waals surface area (Å²) < 4.78 is 10.9. The summed E-state index contributed by atoms with van der Waals surface area (Å²) in [6.07, 6.45) is 0.911. The lowest BCUT2D eigenvalue weighted by Crippen LogP contribution is -2.16. The van der Waals surface area contributed by atoms with Gasteiger partial charge in [-0.2, -0.15) is 0 Å². The van der Waals surface area contributed by atoms with Crippen molar-refractivity contribution in [2.75, 3.05) is 13.7 Å². The number of methoxy groups -OCH3 is 1. The zero-order valence-corrected chi connectivity index (χ0v) is 14.1. The Hall–Kier alpha value is -2.37. The van der Waals surface area contributed by atoms with Gasteiger partial charge in [0.2, 0.25) is 11.8 Å². The highest BCUT2D eigenvalue weighted by atomic mass is 35.5. The monoisotopic (exact) mass is 343 g/mol. The van der Waals surface area contributed by atoms with Crippen LogP contribution >= 0.6 is 11.6 Å². The number of ether oxygens (including phenoxy) is 1. The van der Waals surface area contributed by atoms with Gasteiger partial charge in [0.05, 0.1) is 13.7 Å². The molecule has 0 saturated heterocycles. The predicted molar refractivity (Wildman–Crippen MR) is 93.1 cm³/mol. The Bertz CT molecular complexity index is 787. The number of halogens is 1. The Morgan fingerprint density at radius 3 is 2.75 bits per heavy atom. The molecule has 3 aromatic rings. The third kappa shape index (κ3) is 4.34. The lowest BCUT2D eigenvalue weighted by molar-refractivity contribution is 0.414. The quantitative estimate of drug-likeness (QED) is 0.662. The van der Waals surface area contributed by atoms with Crippen molar-refractivity contribution < 1.29 is 9.15 Å². The van der Waals surface area contributed by atoms with Crippen LogP contribution in [0.25, 0.3) is 11.5 Å². The fraction of sp³-hybridized carbons (Fsp3) is 0.222. The molecule has 2 aromatic carbocycles. The molecular weight excluding hydrogens is 326 g/mol. The van der Waals surface area contributed by atoms with E-state index in [1.165, 1.54) is 5.56 Å². The van der Waals surface area contributed by atoms with Crippen molar-refractivity contribution in [2.24, 2.45) is 0 Å². The molecule has 0 amide bonds. The molecular formula is C18H18ClN3O2. The van der Waals surface area contributed by atoms with Crippen LogP contribution < -0.4 is 10.1 Å². The third-order valence-corrected chi connectivity index (χ3v) is 3.82. The summed E-state index contributed by atoms with van der Waals surface area (Å²) >= 11 is 5.87. The third-order valence-electron chi connectivity index (χ3n) is 3.56. The van der Waals surface area contributed by atoms with Gasteiger partial charge in [-0.25, -0.2) is 0 Å². The molecule has 0 bridgehead atoms. The fourth-order valence-electron chi connectivity index (χ4n) is 2.28. The Kier molecular flexibility index (Phi) is 5.46. The zero-order chi connectivity index (χ0) is 16.8. The van der Waals surface area contributed by atoms with Crippen LogP contribution in [-0.4, -0.2) is 23.9 Å². The van der Waals surface area contributed by atoms with Gasteiger partial charge < -0.3 is 14.5 Å². The summed E-state index contributed by atoms with van der Waals surface area (Å²) in [6.45, 7) is 1.35. The molecule has 1 heterocycles. The Morgan fingerprint density at radius 1 is 1.12 bits per heavy atom. The maximum atomic E-state index is 5.87. The van der Waals surface area contributed by atoms with Crippen LogP contribution in [0.15, 0.2) is 52.9 Å². The molecule has 0 aliphatic rings. The van der Waals surface area contributed by atoms with Gasteiger partial charge >= 0.3 is 0 Å². The second-order valence-corrected chi connectivity index (χ2v) is 5.72. The number of rotatable bonds is 7. The first kappa shape index (κ1) is 16.5. The number of hydrogen-bond acceptors (Lipinski definition) is 5. The first-order chi connectivity index (χ1) is 11.7. The molecule has 0 atom stereocenters. The highest BCUT2D eigenvalue weighted by Crippen LogP contribution is 2.22. The van der Waals surface area contributed by atoms with Gasteiger partial charge in [0.1, 0.15) is 5.75 Å². The van der Waals surface area contributed by atoms with Crippen molar-refractivity contribution in [1.82, 2.24) is 15.5 Å². The van der Waals surface area contributed by atoms with Crippen LogP contribution in [-0.2, 0) is 13.0 Å². The van der Waals surface area contributed by atoms with Crippen LogP contribution in [0.4, 0.5) is 0 Å². The average Bonchev–Trinajstić information content (AvgIpc) is 3.09. The van der Waals surface area contributed by atoms with Crippen molar-refractivity contribution in [3.05, 3.63) is 65.0 Å². The van der Waals surface area contributed by atoms with E-state index in [1.54, 1.807) is 7.11 Å². The van der Waals surface area contributed by atoms with Gasteiger partial charge in [-0.3, -0.25) is 0 Å². The van der Waals surface area contributed by atoms with E-state index in [-0.39, 0.29) is 0 Å². The number of benzene rings is 2. The molecule has 0 radical (unpaired) electrons. The van der Waals surface area contributed by atoms with Crippen molar-refractivity contribution in [2.45, 2.75) is 13.0 Å². The Labute approximate surface area is 145 Å². The molecule has 1 aromatic heterocycles. The Balaban J connectivity index is 1.51. The van der Waals surface area contributed by atoms with Crippen molar-refractivity contribution in [3.8, 4) is 17.2 Å². The molecule has 0 aliphatic heterocycles.